The molecule has 0 bridgehead atoms. The zero-order chi connectivity index (χ0) is 15.2. The summed E-state index contributed by atoms with van der Waals surface area (Å²) in [5.74, 6) is 0.535. The number of benzene rings is 1. The first-order chi connectivity index (χ1) is 9.35. The second-order valence-electron chi connectivity index (χ2n) is 5.02. The molecule has 4 nitrogen and oxygen atoms in total. The highest BCUT2D eigenvalue weighted by Gasteiger charge is 2.15. The van der Waals surface area contributed by atoms with Gasteiger partial charge in [-0.1, -0.05) is 18.2 Å². The molecular formula is C14H23ClN2O2S. The monoisotopic (exact) mass is 318 g/mol. The Kier molecular flexibility index (Phi) is 6.95. The number of nitrogens with one attached hydrogen (secondary N) is 2. The van der Waals surface area contributed by atoms with Crippen LogP contribution in [0.25, 0.3) is 0 Å². The topological polar surface area (TPSA) is 58.2 Å². The molecule has 0 radical (unpaired) electrons. The second kappa shape index (κ2) is 7.98. The van der Waals surface area contributed by atoms with Crippen LogP contribution in [-0.2, 0) is 15.8 Å². The van der Waals surface area contributed by atoms with Crippen LogP contribution in [0, 0.1) is 13.8 Å². The quantitative estimate of drug-likeness (QED) is 0.720. The lowest BCUT2D eigenvalue weighted by molar-refractivity contribution is 0.536. The third kappa shape index (κ3) is 5.79. The minimum absolute atomic E-state index is 0.0216. The van der Waals surface area contributed by atoms with Crippen LogP contribution < -0.4 is 10.0 Å². The van der Waals surface area contributed by atoms with Crippen molar-refractivity contribution >= 4 is 21.6 Å². The van der Waals surface area contributed by atoms with Crippen LogP contribution in [0.15, 0.2) is 18.2 Å². The number of halogens is 1. The largest absolute Gasteiger partial charge is 0.312 e. The Morgan fingerprint density at radius 3 is 2.40 bits per heavy atom. The van der Waals surface area contributed by atoms with Crippen molar-refractivity contribution in [3.05, 3.63) is 34.9 Å². The fourth-order valence-electron chi connectivity index (χ4n) is 1.94. The van der Waals surface area contributed by atoms with E-state index < -0.39 is 10.0 Å². The molecule has 0 aromatic heterocycles. The molecule has 1 unspecified atom stereocenters. The van der Waals surface area contributed by atoms with Gasteiger partial charge in [0.25, 0.3) is 0 Å². The van der Waals surface area contributed by atoms with E-state index in [4.69, 9.17) is 11.6 Å². The lowest BCUT2D eigenvalue weighted by atomic mass is 10.1. The van der Waals surface area contributed by atoms with Crippen molar-refractivity contribution in [3.8, 4) is 0 Å². The van der Waals surface area contributed by atoms with Gasteiger partial charge in [0.2, 0.25) is 10.0 Å². The van der Waals surface area contributed by atoms with E-state index in [1.54, 1.807) is 0 Å². The number of sulfonamides is 1. The molecule has 1 aromatic rings. The average molecular weight is 319 g/mol. The van der Waals surface area contributed by atoms with Gasteiger partial charge < -0.3 is 5.32 Å². The summed E-state index contributed by atoms with van der Waals surface area (Å²) in [6.07, 6.45) is 0. The zero-order valence-electron chi connectivity index (χ0n) is 12.2. The van der Waals surface area contributed by atoms with E-state index in [1.165, 1.54) is 0 Å². The molecule has 1 aromatic carbocycles. The predicted octanol–water partition coefficient (Wildman–Crippen LogP) is 1.94. The maximum Gasteiger partial charge on any atom is 0.215 e. The van der Waals surface area contributed by atoms with Gasteiger partial charge in [0.15, 0.2) is 0 Å². The molecule has 20 heavy (non-hydrogen) atoms. The van der Waals surface area contributed by atoms with E-state index in [1.807, 2.05) is 39.0 Å². The summed E-state index contributed by atoms with van der Waals surface area (Å²) in [5.41, 5.74) is 2.88. The molecular weight excluding hydrogens is 296 g/mol. The Morgan fingerprint density at radius 1 is 1.25 bits per heavy atom. The Labute approximate surface area is 127 Å². The summed E-state index contributed by atoms with van der Waals surface area (Å²) in [4.78, 5) is 0. The van der Waals surface area contributed by atoms with Crippen molar-refractivity contribution in [1.29, 1.82) is 0 Å². The summed E-state index contributed by atoms with van der Waals surface area (Å²) < 4.78 is 26.9. The smallest absolute Gasteiger partial charge is 0.215 e. The van der Waals surface area contributed by atoms with Crippen molar-refractivity contribution in [1.82, 2.24) is 10.0 Å². The van der Waals surface area contributed by atoms with Crippen molar-refractivity contribution in [2.75, 3.05) is 19.0 Å². The number of alkyl halides is 1. The Hall–Kier alpha value is -0.620. The number of rotatable bonds is 8. The zero-order valence-corrected chi connectivity index (χ0v) is 13.8. The molecule has 6 heteroatoms. The van der Waals surface area contributed by atoms with Gasteiger partial charge >= 0.3 is 0 Å². The van der Waals surface area contributed by atoms with Crippen LogP contribution in [0.5, 0.6) is 0 Å². The van der Waals surface area contributed by atoms with Gasteiger partial charge in [0.05, 0.1) is 5.75 Å². The van der Waals surface area contributed by atoms with Crippen molar-refractivity contribution in [3.63, 3.8) is 0 Å². The van der Waals surface area contributed by atoms with Gasteiger partial charge in [-0.3, -0.25) is 0 Å². The minimum Gasteiger partial charge on any atom is -0.312 e. The van der Waals surface area contributed by atoms with Crippen LogP contribution >= 0.6 is 11.6 Å². The number of aryl methyl sites for hydroxylation is 2. The van der Waals surface area contributed by atoms with E-state index in [-0.39, 0.29) is 11.8 Å². The lowest BCUT2D eigenvalue weighted by Crippen LogP contribution is -2.40. The summed E-state index contributed by atoms with van der Waals surface area (Å²) in [5, 5.41) is 3.13. The summed E-state index contributed by atoms with van der Waals surface area (Å²) in [7, 11) is -3.32. The maximum atomic E-state index is 12.1. The summed E-state index contributed by atoms with van der Waals surface area (Å²) >= 11 is 5.58. The molecule has 0 amide bonds. The standard InChI is InChI=1S/C14H23ClN2O2S/c1-11-5-4-6-12(2)14(11)10-20(18,19)17-9-13(3)16-8-7-15/h4-6,13,16-17H,7-10H2,1-3H3. The highest BCUT2D eigenvalue weighted by Crippen LogP contribution is 2.15. The first kappa shape index (κ1) is 17.4. The molecule has 0 spiro atoms. The molecule has 0 aliphatic carbocycles. The molecule has 0 aliphatic rings. The van der Waals surface area contributed by atoms with E-state index in [9.17, 15) is 8.42 Å². The summed E-state index contributed by atoms with van der Waals surface area (Å²) in [6.45, 7) is 6.82. The first-order valence-corrected chi connectivity index (χ1v) is 8.86. The third-order valence-electron chi connectivity index (χ3n) is 3.18. The number of hydrogen-bond donors (Lipinski definition) is 2. The van der Waals surface area contributed by atoms with Gasteiger partial charge in [0.1, 0.15) is 0 Å². The highest BCUT2D eigenvalue weighted by molar-refractivity contribution is 7.88. The molecule has 1 atom stereocenters. The van der Waals surface area contributed by atoms with Crippen molar-refractivity contribution in [2.45, 2.75) is 32.6 Å². The van der Waals surface area contributed by atoms with Crippen LogP contribution in [0.1, 0.15) is 23.6 Å². The van der Waals surface area contributed by atoms with Gasteiger partial charge in [-0.15, -0.1) is 11.6 Å². The Morgan fingerprint density at radius 2 is 1.85 bits per heavy atom. The molecule has 0 saturated carbocycles. The SMILES string of the molecule is Cc1cccc(C)c1CS(=O)(=O)NCC(C)NCCCl. The molecule has 0 saturated heterocycles. The molecule has 114 valence electrons. The lowest BCUT2D eigenvalue weighted by Gasteiger charge is -2.15. The van der Waals surface area contributed by atoms with Gasteiger partial charge in [0, 0.05) is 25.0 Å². The first-order valence-electron chi connectivity index (χ1n) is 6.67. The molecule has 2 N–H and O–H groups in total. The summed E-state index contributed by atoms with van der Waals surface area (Å²) in [6, 6.07) is 5.86. The van der Waals surface area contributed by atoms with Crippen molar-refractivity contribution < 1.29 is 8.42 Å². The third-order valence-corrected chi connectivity index (χ3v) is 4.64. The van der Waals surface area contributed by atoms with Gasteiger partial charge in [-0.2, -0.15) is 0 Å². The van der Waals surface area contributed by atoms with Crippen LogP contribution in [0.4, 0.5) is 0 Å². The molecule has 0 aliphatic heterocycles. The molecule has 0 heterocycles. The van der Waals surface area contributed by atoms with E-state index in [2.05, 4.69) is 10.0 Å². The normalized spacial score (nSPS) is 13.4. The Bertz CT molecular complexity index is 512. The van der Waals surface area contributed by atoms with Gasteiger partial charge in [-0.05, 0) is 37.5 Å². The van der Waals surface area contributed by atoms with E-state index >= 15 is 0 Å². The Balaban J connectivity index is 2.62. The highest BCUT2D eigenvalue weighted by atomic mass is 35.5. The van der Waals surface area contributed by atoms with Crippen LogP contribution in [0.3, 0.4) is 0 Å². The minimum atomic E-state index is -3.32. The molecule has 0 fully saturated rings. The van der Waals surface area contributed by atoms with E-state index in [0.717, 1.165) is 16.7 Å². The second-order valence-corrected chi connectivity index (χ2v) is 7.21. The maximum absolute atomic E-state index is 12.1. The van der Waals surface area contributed by atoms with Crippen LogP contribution in [-0.4, -0.2) is 33.4 Å². The number of hydrogen-bond acceptors (Lipinski definition) is 3. The fraction of sp³-hybridized carbons (Fsp3) is 0.571. The van der Waals surface area contributed by atoms with E-state index in [0.29, 0.717) is 19.0 Å². The van der Waals surface area contributed by atoms with Gasteiger partial charge in [-0.25, -0.2) is 13.1 Å². The fourth-order valence-corrected chi connectivity index (χ4v) is 3.49. The predicted molar refractivity (Wildman–Crippen MR) is 84.7 cm³/mol. The van der Waals surface area contributed by atoms with Crippen LogP contribution in [0.2, 0.25) is 0 Å². The van der Waals surface area contributed by atoms with Crippen molar-refractivity contribution in [2.24, 2.45) is 0 Å². The molecule has 1 rings (SSSR count). The average Bonchev–Trinajstić information content (AvgIpc) is 2.39.